The van der Waals surface area contributed by atoms with Crippen LogP contribution < -0.4 is 0 Å². The molecular formula is C11H16ClNO. The Morgan fingerprint density at radius 1 is 1.43 bits per heavy atom. The van der Waals surface area contributed by atoms with Gasteiger partial charge >= 0.3 is 0 Å². The lowest BCUT2D eigenvalue weighted by Gasteiger charge is -2.11. The van der Waals surface area contributed by atoms with Crippen LogP contribution in [0.25, 0.3) is 0 Å². The summed E-state index contributed by atoms with van der Waals surface area (Å²) in [5.41, 5.74) is 0.900. The second kappa shape index (κ2) is 6.55. The first-order valence-electron chi connectivity index (χ1n) is 4.73. The quantitative estimate of drug-likeness (QED) is 0.770. The van der Waals surface area contributed by atoms with E-state index in [1.807, 2.05) is 32.0 Å². The maximum Gasteiger partial charge on any atom is 0.141 e. The zero-order valence-corrected chi connectivity index (χ0v) is 9.38. The average Bonchev–Trinajstić information content (AvgIpc) is 2.20. The number of halogens is 1. The zero-order valence-electron chi connectivity index (χ0n) is 8.56. The van der Waals surface area contributed by atoms with E-state index < -0.39 is 0 Å². The van der Waals surface area contributed by atoms with Crippen LogP contribution in [0, 0.1) is 0 Å². The summed E-state index contributed by atoms with van der Waals surface area (Å²) in [6.07, 6.45) is 3.17. The predicted molar refractivity (Wildman–Crippen MR) is 59.8 cm³/mol. The highest BCUT2D eigenvalue weighted by Crippen LogP contribution is 2.18. The fourth-order valence-electron chi connectivity index (χ4n) is 1.43. The van der Waals surface area contributed by atoms with Crippen molar-refractivity contribution < 1.29 is 4.79 Å². The number of carbonyl (C=O) groups is 1. The largest absolute Gasteiger partial charge is 0.299 e. The minimum atomic E-state index is -0.00815. The molecule has 1 atom stereocenters. The van der Waals surface area contributed by atoms with E-state index in [1.54, 1.807) is 6.20 Å². The smallest absolute Gasteiger partial charge is 0.141 e. The molecule has 1 heterocycles. The van der Waals surface area contributed by atoms with Gasteiger partial charge in [0.15, 0.2) is 0 Å². The summed E-state index contributed by atoms with van der Waals surface area (Å²) in [6.45, 7) is 3.92. The molecule has 1 aromatic heterocycles. The lowest BCUT2D eigenvalue weighted by atomic mass is 9.95. The normalized spacial score (nSPS) is 11.6. The molecule has 0 radical (unpaired) electrons. The van der Waals surface area contributed by atoms with Crippen LogP contribution in [0.4, 0.5) is 0 Å². The summed E-state index contributed by atoms with van der Waals surface area (Å²) in [5, 5.41) is 0. The maximum atomic E-state index is 11.5. The van der Waals surface area contributed by atoms with Gasteiger partial charge in [0.05, 0.1) is 11.6 Å². The monoisotopic (exact) mass is 213 g/mol. The molecule has 2 nitrogen and oxygen atoms in total. The highest BCUT2D eigenvalue weighted by atomic mass is 35.5. The number of rotatable bonds is 4. The Balaban J connectivity index is 0.00000169. The van der Waals surface area contributed by atoms with Crippen LogP contribution in [-0.4, -0.2) is 10.8 Å². The third kappa shape index (κ3) is 3.11. The summed E-state index contributed by atoms with van der Waals surface area (Å²) in [7, 11) is 0. The minimum Gasteiger partial charge on any atom is -0.299 e. The zero-order chi connectivity index (χ0) is 9.68. The van der Waals surface area contributed by atoms with Gasteiger partial charge in [0, 0.05) is 12.6 Å². The van der Waals surface area contributed by atoms with Crippen LogP contribution in [0.2, 0.25) is 0 Å². The fraction of sp³-hybridized carbons (Fsp3) is 0.455. The van der Waals surface area contributed by atoms with E-state index in [0.29, 0.717) is 6.42 Å². The number of Topliss-reactive ketones (excluding diaryl/α,β-unsaturated/α-hetero) is 1. The Morgan fingerprint density at radius 3 is 2.57 bits per heavy atom. The molecule has 14 heavy (non-hydrogen) atoms. The van der Waals surface area contributed by atoms with E-state index in [9.17, 15) is 4.79 Å². The molecule has 0 aliphatic heterocycles. The number of carbonyl (C=O) groups excluding carboxylic acids is 1. The molecule has 1 aromatic rings. The number of aromatic nitrogens is 1. The van der Waals surface area contributed by atoms with Crippen LogP contribution in [-0.2, 0) is 4.79 Å². The van der Waals surface area contributed by atoms with E-state index in [2.05, 4.69) is 4.98 Å². The van der Waals surface area contributed by atoms with Crippen molar-refractivity contribution in [1.82, 2.24) is 4.98 Å². The summed E-state index contributed by atoms with van der Waals surface area (Å²) in [6, 6.07) is 5.71. The molecule has 0 saturated heterocycles. The van der Waals surface area contributed by atoms with Gasteiger partial charge < -0.3 is 0 Å². The number of ketones is 1. The van der Waals surface area contributed by atoms with Crippen molar-refractivity contribution in [2.45, 2.75) is 32.6 Å². The van der Waals surface area contributed by atoms with E-state index >= 15 is 0 Å². The molecule has 0 bridgehead atoms. The fourth-order valence-corrected chi connectivity index (χ4v) is 1.43. The van der Waals surface area contributed by atoms with Crippen LogP contribution in [0.3, 0.4) is 0 Å². The molecule has 0 spiro atoms. The molecular weight excluding hydrogens is 198 g/mol. The highest BCUT2D eigenvalue weighted by molar-refractivity contribution is 5.85. The van der Waals surface area contributed by atoms with Crippen molar-refractivity contribution in [2.75, 3.05) is 0 Å². The Bertz CT molecular complexity index is 274. The molecule has 0 aliphatic carbocycles. The van der Waals surface area contributed by atoms with Gasteiger partial charge in [-0.1, -0.05) is 19.9 Å². The molecule has 78 valence electrons. The van der Waals surface area contributed by atoms with Crippen LogP contribution in [0.1, 0.15) is 38.3 Å². The van der Waals surface area contributed by atoms with E-state index in [0.717, 1.165) is 12.1 Å². The Morgan fingerprint density at radius 2 is 2.14 bits per heavy atom. The van der Waals surface area contributed by atoms with Gasteiger partial charge in [-0.3, -0.25) is 9.78 Å². The molecule has 0 fully saturated rings. The van der Waals surface area contributed by atoms with Crippen LogP contribution >= 0.6 is 12.4 Å². The standard InChI is InChI=1S/C11H15NO.ClH/c1-3-9(11(13)4-2)10-7-5-6-8-12-10;/h5-9H,3-4H2,1-2H3;1H. The molecule has 0 aromatic carbocycles. The molecule has 1 unspecified atom stereocenters. The molecule has 0 N–H and O–H groups in total. The van der Waals surface area contributed by atoms with E-state index in [1.165, 1.54) is 0 Å². The molecule has 3 heteroatoms. The van der Waals surface area contributed by atoms with Gasteiger partial charge in [-0.25, -0.2) is 0 Å². The second-order valence-electron chi connectivity index (χ2n) is 3.04. The lowest BCUT2D eigenvalue weighted by Crippen LogP contribution is -2.11. The average molecular weight is 214 g/mol. The van der Waals surface area contributed by atoms with Crippen molar-refractivity contribution in [1.29, 1.82) is 0 Å². The van der Waals surface area contributed by atoms with E-state index in [-0.39, 0.29) is 24.1 Å². The molecule has 0 amide bonds. The summed E-state index contributed by atoms with van der Waals surface area (Å²) in [4.78, 5) is 15.7. The summed E-state index contributed by atoms with van der Waals surface area (Å²) < 4.78 is 0. The first-order chi connectivity index (χ1) is 6.29. The highest BCUT2D eigenvalue weighted by Gasteiger charge is 2.17. The van der Waals surface area contributed by atoms with Crippen molar-refractivity contribution in [3.63, 3.8) is 0 Å². The van der Waals surface area contributed by atoms with Gasteiger partial charge in [-0.05, 0) is 18.6 Å². The molecule has 1 rings (SSSR count). The van der Waals surface area contributed by atoms with Crippen molar-refractivity contribution in [2.24, 2.45) is 0 Å². The summed E-state index contributed by atoms with van der Waals surface area (Å²) in [5.74, 6) is 0.271. The van der Waals surface area contributed by atoms with Crippen molar-refractivity contribution >= 4 is 18.2 Å². The number of hydrogen-bond donors (Lipinski definition) is 0. The summed E-state index contributed by atoms with van der Waals surface area (Å²) >= 11 is 0. The second-order valence-corrected chi connectivity index (χ2v) is 3.04. The maximum absolute atomic E-state index is 11.5. The minimum absolute atomic E-state index is 0. The Hall–Kier alpha value is -0.890. The third-order valence-corrected chi connectivity index (χ3v) is 2.19. The first-order valence-corrected chi connectivity index (χ1v) is 4.73. The molecule has 0 aliphatic rings. The Kier molecular flexibility index (Phi) is 6.13. The van der Waals surface area contributed by atoms with Crippen molar-refractivity contribution in [3.05, 3.63) is 30.1 Å². The van der Waals surface area contributed by atoms with Crippen molar-refractivity contribution in [3.8, 4) is 0 Å². The predicted octanol–water partition coefficient (Wildman–Crippen LogP) is 2.98. The van der Waals surface area contributed by atoms with Gasteiger partial charge in [0.25, 0.3) is 0 Å². The molecule has 0 saturated carbocycles. The number of pyridine rings is 1. The van der Waals surface area contributed by atoms with Gasteiger partial charge in [-0.2, -0.15) is 0 Å². The number of hydrogen-bond acceptors (Lipinski definition) is 2. The van der Waals surface area contributed by atoms with E-state index in [4.69, 9.17) is 0 Å². The first kappa shape index (κ1) is 13.1. The van der Waals surface area contributed by atoms with Gasteiger partial charge in [0.1, 0.15) is 5.78 Å². The third-order valence-electron chi connectivity index (χ3n) is 2.19. The van der Waals surface area contributed by atoms with Gasteiger partial charge in [-0.15, -0.1) is 12.4 Å². The van der Waals surface area contributed by atoms with Crippen LogP contribution in [0.5, 0.6) is 0 Å². The SMILES string of the molecule is CCC(=O)C(CC)c1ccccn1.Cl. The Labute approximate surface area is 91.2 Å². The van der Waals surface area contributed by atoms with Crippen LogP contribution in [0.15, 0.2) is 24.4 Å². The number of nitrogens with zero attached hydrogens (tertiary/aromatic N) is 1. The lowest BCUT2D eigenvalue weighted by molar-refractivity contribution is -0.120. The topological polar surface area (TPSA) is 30.0 Å². The van der Waals surface area contributed by atoms with Gasteiger partial charge in [0.2, 0.25) is 0 Å².